The molecule has 9 rings (SSSR count). The van der Waals surface area contributed by atoms with E-state index in [4.69, 9.17) is 9.97 Å². The van der Waals surface area contributed by atoms with Gasteiger partial charge in [-0.05, 0) is 68.8 Å². The Morgan fingerprint density at radius 3 is 1.20 bits per heavy atom. The van der Waals surface area contributed by atoms with Gasteiger partial charge in [0, 0.05) is 32.7 Å². The van der Waals surface area contributed by atoms with Gasteiger partial charge < -0.3 is 0 Å². The molecule has 0 fully saturated rings. The highest BCUT2D eigenvalue weighted by Gasteiger charge is 2.36. The zero-order chi connectivity index (χ0) is 31.8. The van der Waals surface area contributed by atoms with Crippen molar-refractivity contribution in [2.75, 3.05) is 0 Å². The van der Waals surface area contributed by atoms with Gasteiger partial charge in [-0.3, -0.25) is 0 Å². The monoisotopic (exact) mass is 594 g/mol. The summed E-state index contributed by atoms with van der Waals surface area (Å²) in [5.74, 6) is 0. The highest BCUT2D eigenvalue weighted by Crippen LogP contribution is 2.50. The summed E-state index contributed by atoms with van der Waals surface area (Å²) in [7, 11) is 0. The summed E-state index contributed by atoms with van der Waals surface area (Å²) in [6.07, 6.45) is 0. The number of pyridine rings is 2. The summed E-state index contributed by atoms with van der Waals surface area (Å²) in [4.78, 5) is 10.6. The Kier molecular flexibility index (Phi) is 6.31. The molecule has 2 aliphatic carbocycles. The van der Waals surface area contributed by atoms with Gasteiger partial charge in [0.25, 0.3) is 0 Å². The van der Waals surface area contributed by atoms with Crippen LogP contribution in [0.2, 0.25) is 0 Å². The van der Waals surface area contributed by atoms with Crippen molar-refractivity contribution in [1.29, 1.82) is 0 Å². The molecule has 2 aromatic heterocycles. The van der Waals surface area contributed by atoms with Crippen LogP contribution in [0.25, 0.3) is 66.6 Å². The lowest BCUT2D eigenvalue weighted by Crippen LogP contribution is -2.14. The van der Waals surface area contributed by atoms with E-state index in [0.717, 1.165) is 44.3 Å². The summed E-state index contributed by atoms with van der Waals surface area (Å²) in [6, 6.07) is 44.3. The van der Waals surface area contributed by atoms with Crippen molar-refractivity contribution >= 4 is 21.8 Å². The van der Waals surface area contributed by atoms with E-state index in [1.54, 1.807) is 0 Å². The maximum Gasteiger partial charge on any atom is 0.0972 e. The van der Waals surface area contributed by atoms with E-state index in [0.29, 0.717) is 0 Å². The van der Waals surface area contributed by atoms with E-state index in [2.05, 4.69) is 149 Å². The van der Waals surface area contributed by atoms with E-state index in [1.807, 2.05) is 13.8 Å². The van der Waals surface area contributed by atoms with Crippen molar-refractivity contribution in [3.63, 3.8) is 0 Å². The molecule has 0 atom stereocenters. The van der Waals surface area contributed by atoms with Crippen molar-refractivity contribution in [2.24, 2.45) is 0 Å². The van der Waals surface area contributed by atoms with Crippen LogP contribution in [0.5, 0.6) is 0 Å². The van der Waals surface area contributed by atoms with Crippen molar-refractivity contribution in [3.05, 3.63) is 144 Å². The SMILES string of the molecule is CC.CC1(C)c2ccccc2-c2ccc(-c3ccc4ccc5ccc(-c6ccc7c(c6)C(C)(C)c6ccccc6-7)nc5c4n3)cc21. The predicted molar refractivity (Wildman–Crippen MR) is 194 cm³/mol. The van der Waals surface area contributed by atoms with Crippen LogP contribution in [0.4, 0.5) is 0 Å². The molecule has 2 heteroatoms. The summed E-state index contributed by atoms with van der Waals surface area (Å²) >= 11 is 0. The van der Waals surface area contributed by atoms with Crippen molar-refractivity contribution < 1.29 is 0 Å². The molecule has 0 aliphatic heterocycles. The maximum absolute atomic E-state index is 5.28. The Labute approximate surface area is 271 Å². The van der Waals surface area contributed by atoms with Gasteiger partial charge in [-0.15, -0.1) is 0 Å². The van der Waals surface area contributed by atoms with Crippen LogP contribution >= 0.6 is 0 Å². The molecule has 0 N–H and O–H groups in total. The van der Waals surface area contributed by atoms with Crippen molar-refractivity contribution in [2.45, 2.75) is 52.4 Å². The Bertz CT molecular complexity index is 2170. The van der Waals surface area contributed by atoms with Gasteiger partial charge in [-0.1, -0.05) is 139 Å². The van der Waals surface area contributed by atoms with Crippen LogP contribution in [0.1, 0.15) is 63.8 Å². The molecule has 5 aromatic carbocycles. The Balaban J connectivity index is 0.00000153. The Hall–Kier alpha value is -5.08. The number of aromatic nitrogens is 2. The highest BCUT2D eigenvalue weighted by atomic mass is 14.8. The predicted octanol–water partition coefficient (Wildman–Crippen LogP) is 11.8. The van der Waals surface area contributed by atoms with Gasteiger partial charge in [-0.25, -0.2) is 9.97 Å². The first-order chi connectivity index (χ1) is 22.3. The number of hydrogen-bond acceptors (Lipinski definition) is 2. The van der Waals surface area contributed by atoms with E-state index >= 15 is 0 Å². The molecule has 2 heterocycles. The largest absolute Gasteiger partial charge is 0.245 e. The lowest BCUT2D eigenvalue weighted by molar-refractivity contribution is 0.660. The molecule has 0 radical (unpaired) electrons. The average Bonchev–Trinajstić information content (AvgIpc) is 3.47. The second-order valence-electron chi connectivity index (χ2n) is 13.5. The summed E-state index contributed by atoms with van der Waals surface area (Å²) in [5.41, 5.74) is 16.8. The normalized spacial score (nSPS) is 14.7. The first kappa shape index (κ1) is 28.4. The van der Waals surface area contributed by atoms with Gasteiger partial charge in [-0.2, -0.15) is 0 Å². The van der Waals surface area contributed by atoms with E-state index in [1.165, 1.54) is 44.5 Å². The van der Waals surface area contributed by atoms with Crippen LogP contribution in [0, 0.1) is 0 Å². The van der Waals surface area contributed by atoms with E-state index in [-0.39, 0.29) is 10.8 Å². The molecular weight excluding hydrogens is 556 g/mol. The quantitative estimate of drug-likeness (QED) is 0.186. The van der Waals surface area contributed by atoms with Crippen LogP contribution in [-0.4, -0.2) is 9.97 Å². The summed E-state index contributed by atoms with van der Waals surface area (Å²) < 4.78 is 0. The number of fused-ring (bicyclic) bond motifs is 9. The van der Waals surface area contributed by atoms with Crippen LogP contribution in [-0.2, 0) is 10.8 Å². The van der Waals surface area contributed by atoms with Crippen LogP contribution in [0.15, 0.2) is 121 Å². The third kappa shape index (κ3) is 4.02. The zero-order valence-electron chi connectivity index (χ0n) is 27.4. The average molecular weight is 595 g/mol. The standard InChI is InChI=1S/C42H32N2.C2H6/c1-41(2)33-11-7-5-9-29(33)31-19-15-27(23-35(31)41)37-21-17-25-13-14-26-18-22-38(44-40(26)39(25)43-37)28-16-20-32-30-10-6-8-12-34(30)42(3,4)36(32)24-28;1-2/h5-24H,1-4H3;1-2H3. The van der Waals surface area contributed by atoms with E-state index in [9.17, 15) is 0 Å². The minimum atomic E-state index is -0.0479. The fraction of sp³-hybridized carbons (Fsp3) is 0.182. The first-order valence-corrected chi connectivity index (χ1v) is 16.5. The van der Waals surface area contributed by atoms with Gasteiger partial charge in [0.05, 0.1) is 22.4 Å². The highest BCUT2D eigenvalue weighted by molar-refractivity contribution is 6.04. The van der Waals surface area contributed by atoms with Crippen LogP contribution < -0.4 is 0 Å². The van der Waals surface area contributed by atoms with Crippen LogP contribution in [0.3, 0.4) is 0 Å². The van der Waals surface area contributed by atoms with Gasteiger partial charge in [0.2, 0.25) is 0 Å². The number of nitrogens with zero attached hydrogens (tertiary/aromatic N) is 2. The number of hydrogen-bond donors (Lipinski definition) is 0. The Morgan fingerprint density at radius 1 is 0.391 bits per heavy atom. The molecule has 0 saturated heterocycles. The minimum Gasteiger partial charge on any atom is -0.245 e. The number of benzene rings is 5. The fourth-order valence-corrected chi connectivity index (χ4v) is 7.82. The second-order valence-corrected chi connectivity index (χ2v) is 13.5. The maximum atomic E-state index is 5.28. The van der Waals surface area contributed by atoms with Gasteiger partial charge >= 0.3 is 0 Å². The molecule has 0 spiro atoms. The molecule has 224 valence electrons. The molecule has 46 heavy (non-hydrogen) atoms. The molecular formula is C44H38N2. The third-order valence-electron chi connectivity index (χ3n) is 10.3. The van der Waals surface area contributed by atoms with E-state index < -0.39 is 0 Å². The summed E-state index contributed by atoms with van der Waals surface area (Å²) in [6.45, 7) is 13.3. The fourth-order valence-electron chi connectivity index (χ4n) is 7.82. The third-order valence-corrected chi connectivity index (χ3v) is 10.3. The second kappa shape index (κ2) is 10.2. The number of rotatable bonds is 2. The Morgan fingerprint density at radius 2 is 0.761 bits per heavy atom. The van der Waals surface area contributed by atoms with Gasteiger partial charge in [0.15, 0.2) is 0 Å². The lowest BCUT2D eigenvalue weighted by Gasteiger charge is -2.22. The summed E-state index contributed by atoms with van der Waals surface area (Å²) in [5, 5.41) is 2.20. The molecule has 2 nitrogen and oxygen atoms in total. The smallest absolute Gasteiger partial charge is 0.0972 e. The minimum absolute atomic E-state index is 0.0479. The molecule has 2 aliphatic rings. The first-order valence-electron chi connectivity index (χ1n) is 16.5. The lowest BCUT2D eigenvalue weighted by atomic mass is 9.82. The van der Waals surface area contributed by atoms with Gasteiger partial charge in [0.1, 0.15) is 0 Å². The topological polar surface area (TPSA) is 25.8 Å². The molecule has 0 bridgehead atoms. The van der Waals surface area contributed by atoms with Crippen molar-refractivity contribution in [1.82, 2.24) is 9.97 Å². The molecule has 0 unspecified atom stereocenters. The molecule has 0 amide bonds. The van der Waals surface area contributed by atoms with Crippen molar-refractivity contribution in [3.8, 4) is 44.8 Å². The molecule has 0 saturated carbocycles. The zero-order valence-corrected chi connectivity index (χ0v) is 27.4. The molecule has 7 aromatic rings.